The van der Waals surface area contributed by atoms with Crippen molar-refractivity contribution in [3.63, 3.8) is 0 Å². The molecule has 1 aliphatic heterocycles. The first-order valence-corrected chi connectivity index (χ1v) is 9.03. The summed E-state index contributed by atoms with van der Waals surface area (Å²) in [5, 5.41) is 9.56. The van der Waals surface area contributed by atoms with Gasteiger partial charge in [-0.05, 0) is 29.3 Å². The van der Waals surface area contributed by atoms with Crippen LogP contribution in [0.3, 0.4) is 0 Å². The molecule has 1 aliphatic rings. The van der Waals surface area contributed by atoms with Crippen LogP contribution in [0.5, 0.6) is 0 Å². The van der Waals surface area contributed by atoms with Crippen LogP contribution in [0.2, 0.25) is 0 Å². The molecule has 1 unspecified atom stereocenters. The van der Waals surface area contributed by atoms with Crippen molar-refractivity contribution in [2.24, 2.45) is 4.99 Å². The summed E-state index contributed by atoms with van der Waals surface area (Å²) >= 11 is 3.44. The summed E-state index contributed by atoms with van der Waals surface area (Å²) in [5.41, 5.74) is 3.25. The highest BCUT2D eigenvalue weighted by molar-refractivity contribution is 9.10. The number of benzene rings is 2. The molecule has 2 aromatic carbocycles. The molecule has 1 atom stereocenters. The zero-order valence-corrected chi connectivity index (χ0v) is 15.6. The molecule has 0 radical (unpaired) electrons. The first kappa shape index (κ1) is 17.5. The van der Waals surface area contributed by atoms with Gasteiger partial charge < -0.3 is 16.0 Å². The zero-order chi connectivity index (χ0) is 17.6. The lowest BCUT2D eigenvalue weighted by molar-refractivity contribution is -0.116. The maximum Gasteiger partial charge on any atom is 0.225 e. The van der Waals surface area contributed by atoms with Crippen LogP contribution < -0.4 is 16.0 Å². The van der Waals surface area contributed by atoms with Crippen LogP contribution >= 0.6 is 15.9 Å². The average Bonchev–Trinajstić information content (AvgIpc) is 2.63. The summed E-state index contributed by atoms with van der Waals surface area (Å²) in [4.78, 5) is 16.2. The average molecular weight is 401 g/mol. The molecule has 0 aromatic heterocycles. The van der Waals surface area contributed by atoms with E-state index in [1.165, 1.54) is 5.56 Å². The molecule has 0 spiro atoms. The third-order valence-corrected chi connectivity index (χ3v) is 4.75. The number of fused-ring (bicyclic) bond motifs is 1. The van der Waals surface area contributed by atoms with Crippen LogP contribution in [0.1, 0.15) is 23.5 Å². The van der Waals surface area contributed by atoms with E-state index in [-0.39, 0.29) is 11.8 Å². The smallest absolute Gasteiger partial charge is 0.225 e. The minimum Gasteiger partial charge on any atom is -0.356 e. The van der Waals surface area contributed by atoms with E-state index < -0.39 is 0 Å². The SMILES string of the molecule is CN=C(NCc1ccc(Br)cc1)NCC1CC(=O)Nc2ccccc21. The highest BCUT2D eigenvalue weighted by Crippen LogP contribution is 2.31. The van der Waals surface area contributed by atoms with Crippen LogP contribution in [0.4, 0.5) is 5.69 Å². The summed E-state index contributed by atoms with van der Waals surface area (Å²) in [6.07, 6.45) is 0.480. The number of hydrogen-bond acceptors (Lipinski definition) is 2. The Kier molecular flexibility index (Phi) is 5.71. The molecule has 3 rings (SSSR count). The lowest BCUT2D eigenvalue weighted by Gasteiger charge is -2.26. The van der Waals surface area contributed by atoms with Gasteiger partial charge in [0.25, 0.3) is 0 Å². The molecule has 1 amide bonds. The summed E-state index contributed by atoms with van der Waals surface area (Å²) in [5.74, 6) is 0.922. The van der Waals surface area contributed by atoms with Gasteiger partial charge in [0.15, 0.2) is 5.96 Å². The number of guanidine groups is 1. The van der Waals surface area contributed by atoms with Gasteiger partial charge in [-0.3, -0.25) is 9.79 Å². The lowest BCUT2D eigenvalue weighted by Crippen LogP contribution is -2.40. The van der Waals surface area contributed by atoms with Crippen molar-refractivity contribution in [1.29, 1.82) is 0 Å². The molecular weight excluding hydrogens is 380 g/mol. The van der Waals surface area contributed by atoms with Crippen molar-refractivity contribution < 1.29 is 4.79 Å². The Morgan fingerprint density at radius 2 is 1.96 bits per heavy atom. The molecule has 6 heteroatoms. The quantitative estimate of drug-likeness (QED) is 0.545. The monoisotopic (exact) mass is 400 g/mol. The predicted octanol–water partition coefficient (Wildman–Crippen LogP) is 3.24. The summed E-state index contributed by atoms with van der Waals surface area (Å²) in [6.45, 7) is 1.35. The molecule has 1 heterocycles. The van der Waals surface area contributed by atoms with Crippen molar-refractivity contribution in [3.05, 3.63) is 64.1 Å². The maximum absolute atomic E-state index is 11.9. The van der Waals surface area contributed by atoms with Gasteiger partial charge in [0.2, 0.25) is 5.91 Å². The predicted molar refractivity (Wildman–Crippen MR) is 105 cm³/mol. The van der Waals surface area contributed by atoms with Gasteiger partial charge in [-0.1, -0.05) is 46.3 Å². The molecule has 5 nitrogen and oxygen atoms in total. The molecule has 25 heavy (non-hydrogen) atoms. The Morgan fingerprint density at radius 3 is 2.72 bits per heavy atom. The molecule has 130 valence electrons. The molecular formula is C19H21BrN4O. The van der Waals surface area contributed by atoms with Gasteiger partial charge in [-0.25, -0.2) is 0 Å². The van der Waals surface area contributed by atoms with Crippen molar-refractivity contribution in [2.45, 2.75) is 18.9 Å². The van der Waals surface area contributed by atoms with Crippen molar-refractivity contribution in [2.75, 3.05) is 18.9 Å². The van der Waals surface area contributed by atoms with Crippen LogP contribution in [-0.4, -0.2) is 25.5 Å². The molecule has 3 N–H and O–H groups in total. The molecule has 0 aliphatic carbocycles. The van der Waals surface area contributed by atoms with E-state index >= 15 is 0 Å². The van der Waals surface area contributed by atoms with Gasteiger partial charge in [-0.2, -0.15) is 0 Å². The first-order valence-electron chi connectivity index (χ1n) is 8.23. The van der Waals surface area contributed by atoms with Gasteiger partial charge in [0.1, 0.15) is 0 Å². The first-order chi connectivity index (χ1) is 12.2. The highest BCUT2D eigenvalue weighted by atomic mass is 79.9. The van der Waals surface area contributed by atoms with Crippen molar-refractivity contribution >= 4 is 33.5 Å². The third-order valence-electron chi connectivity index (χ3n) is 4.22. The molecule has 2 aromatic rings. The minimum atomic E-state index is 0.0586. The number of aliphatic imine (C=N–C) groups is 1. The van der Waals surface area contributed by atoms with Crippen LogP contribution in [-0.2, 0) is 11.3 Å². The van der Waals surface area contributed by atoms with Gasteiger partial charge in [0.05, 0.1) is 0 Å². The molecule has 0 saturated carbocycles. The molecule has 0 fully saturated rings. The number of nitrogens with one attached hydrogen (secondary N) is 3. The topological polar surface area (TPSA) is 65.5 Å². The number of halogens is 1. The number of nitrogens with zero attached hydrogens (tertiary/aromatic N) is 1. The second kappa shape index (κ2) is 8.16. The minimum absolute atomic E-state index is 0.0586. The highest BCUT2D eigenvalue weighted by Gasteiger charge is 2.24. The van der Waals surface area contributed by atoms with E-state index in [0.717, 1.165) is 21.7 Å². The van der Waals surface area contributed by atoms with Crippen molar-refractivity contribution in [3.8, 4) is 0 Å². The van der Waals surface area contributed by atoms with Gasteiger partial charge in [-0.15, -0.1) is 0 Å². The summed E-state index contributed by atoms with van der Waals surface area (Å²) in [7, 11) is 1.75. The van der Waals surface area contributed by atoms with Gasteiger partial charge >= 0.3 is 0 Å². The van der Waals surface area contributed by atoms with Crippen LogP contribution in [0.25, 0.3) is 0 Å². The second-order valence-corrected chi connectivity index (χ2v) is 6.89. The van der Waals surface area contributed by atoms with Crippen LogP contribution in [0.15, 0.2) is 58.0 Å². The fourth-order valence-corrected chi connectivity index (χ4v) is 3.18. The largest absolute Gasteiger partial charge is 0.356 e. The second-order valence-electron chi connectivity index (χ2n) is 5.97. The van der Waals surface area contributed by atoms with E-state index in [0.29, 0.717) is 19.5 Å². The Bertz CT molecular complexity index is 773. The van der Waals surface area contributed by atoms with E-state index in [4.69, 9.17) is 0 Å². The van der Waals surface area contributed by atoms with Crippen molar-refractivity contribution in [1.82, 2.24) is 10.6 Å². The number of carbonyl (C=O) groups excluding carboxylic acids is 1. The number of para-hydroxylation sites is 1. The molecule has 0 saturated heterocycles. The van der Waals surface area contributed by atoms with Gasteiger partial charge in [0, 0.05) is 42.6 Å². The fourth-order valence-electron chi connectivity index (χ4n) is 2.91. The molecule has 0 bridgehead atoms. The summed E-state index contributed by atoms with van der Waals surface area (Å²) < 4.78 is 1.06. The fraction of sp³-hybridized carbons (Fsp3) is 0.263. The summed E-state index contributed by atoms with van der Waals surface area (Å²) in [6, 6.07) is 16.1. The number of carbonyl (C=O) groups is 1. The lowest BCUT2D eigenvalue weighted by atomic mass is 9.90. The van der Waals surface area contributed by atoms with E-state index in [1.807, 2.05) is 30.3 Å². The van der Waals surface area contributed by atoms with E-state index in [9.17, 15) is 4.79 Å². The Hall–Kier alpha value is -2.34. The Labute approximate surface area is 156 Å². The number of amides is 1. The number of rotatable bonds is 4. The normalized spacial score (nSPS) is 16.8. The number of anilines is 1. The third kappa shape index (κ3) is 4.60. The standard InChI is InChI=1S/C19H21BrN4O/c1-21-19(22-11-13-6-8-15(20)9-7-13)23-12-14-10-18(25)24-17-5-3-2-4-16(14)17/h2-9,14H,10-12H2,1H3,(H,24,25)(H2,21,22,23). The maximum atomic E-state index is 11.9. The Morgan fingerprint density at radius 1 is 1.20 bits per heavy atom. The van der Waals surface area contributed by atoms with E-state index in [1.54, 1.807) is 7.05 Å². The number of hydrogen-bond donors (Lipinski definition) is 3. The Balaban J connectivity index is 1.58. The van der Waals surface area contributed by atoms with Crippen LogP contribution in [0, 0.1) is 0 Å². The zero-order valence-electron chi connectivity index (χ0n) is 14.1. The van der Waals surface area contributed by atoms with E-state index in [2.05, 4.69) is 55.1 Å².